The Morgan fingerprint density at radius 3 is 2.60 bits per heavy atom. The van der Waals surface area contributed by atoms with Gasteiger partial charge in [-0.2, -0.15) is 0 Å². The molecule has 1 rings (SSSR count). The van der Waals surface area contributed by atoms with Crippen LogP contribution in [0, 0.1) is 6.92 Å². The molecule has 110 valence electrons. The Kier molecular flexibility index (Phi) is 7.13. The molecule has 1 unspecified atom stereocenters. The van der Waals surface area contributed by atoms with E-state index in [1.165, 1.54) is 0 Å². The van der Waals surface area contributed by atoms with Crippen molar-refractivity contribution in [2.45, 2.75) is 38.9 Å². The lowest BCUT2D eigenvalue weighted by Crippen LogP contribution is -2.03. The number of carbonyl (C=O) groups is 1. The standard InChI is InChI=1S/C15H19ClO3S/c1-3-4-5-6-7-12-8-11(2)14(15(16)17)9-13(12)10-20(18)19/h5-6,8-9H,3-4,7,10H2,1-2H3,(H,18,19). The molecule has 1 atom stereocenters. The van der Waals surface area contributed by atoms with Crippen molar-refractivity contribution in [1.82, 2.24) is 0 Å². The van der Waals surface area contributed by atoms with E-state index < -0.39 is 16.3 Å². The second-order valence-corrected chi connectivity index (χ2v) is 5.91. The molecule has 0 fully saturated rings. The van der Waals surface area contributed by atoms with Crippen LogP contribution in [0.5, 0.6) is 0 Å². The molecule has 0 aliphatic carbocycles. The first-order valence-corrected chi connectivity index (χ1v) is 8.15. The monoisotopic (exact) mass is 314 g/mol. The van der Waals surface area contributed by atoms with Crippen molar-refractivity contribution in [3.8, 4) is 0 Å². The first kappa shape index (κ1) is 17.1. The highest BCUT2D eigenvalue weighted by atomic mass is 35.5. The summed E-state index contributed by atoms with van der Waals surface area (Å²) in [6.07, 6.45) is 6.92. The first-order valence-electron chi connectivity index (χ1n) is 6.50. The van der Waals surface area contributed by atoms with Gasteiger partial charge in [-0.1, -0.05) is 31.6 Å². The van der Waals surface area contributed by atoms with Gasteiger partial charge in [-0.3, -0.25) is 4.79 Å². The summed E-state index contributed by atoms with van der Waals surface area (Å²) in [7, 11) is 0. The van der Waals surface area contributed by atoms with E-state index in [1.807, 2.05) is 19.1 Å². The van der Waals surface area contributed by atoms with Gasteiger partial charge in [0.1, 0.15) is 0 Å². The Labute approximate surface area is 127 Å². The Morgan fingerprint density at radius 2 is 2.05 bits per heavy atom. The quantitative estimate of drug-likeness (QED) is 0.470. The molecule has 0 radical (unpaired) electrons. The zero-order valence-electron chi connectivity index (χ0n) is 11.7. The summed E-state index contributed by atoms with van der Waals surface area (Å²) in [6, 6.07) is 3.50. The number of benzene rings is 1. The van der Waals surface area contributed by atoms with Crippen LogP contribution in [0.4, 0.5) is 0 Å². The van der Waals surface area contributed by atoms with Crippen LogP contribution in [-0.2, 0) is 23.3 Å². The molecule has 0 saturated carbocycles. The molecule has 0 heterocycles. The van der Waals surface area contributed by atoms with Crippen LogP contribution in [0.3, 0.4) is 0 Å². The van der Waals surface area contributed by atoms with Gasteiger partial charge in [0.15, 0.2) is 11.1 Å². The van der Waals surface area contributed by atoms with E-state index in [-0.39, 0.29) is 5.75 Å². The fourth-order valence-electron chi connectivity index (χ4n) is 1.98. The highest BCUT2D eigenvalue weighted by Crippen LogP contribution is 2.21. The highest BCUT2D eigenvalue weighted by Gasteiger charge is 2.12. The number of hydrogen-bond acceptors (Lipinski definition) is 2. The molecule has 0 aliphatic heterocycles. The predicted molar refractivity (Wildman–Crippen MR) is 83.6 cm³/mol. The second-order valence-electron chi connectivity index (χ2n) is 4.64. The molecule has 3 nitrogen and oxygen atoms in total. The third-order valence-electron chi connectivity index (χ3n) is 3.00. The molecule has 1 N–H and O–H groups in total. The molecule has 0 amide bonds. The number of aryl methyl sites for hydroxylation is 1. The van der Waals surface area contributed by atoms with E-state index in [4.69, 9.17) is 16.2 Å². The van der Waals surface area contributed by atoms with Gasteiger partial charge in [0.25, 0.3) is 5.24 Å². The van der Waals surface area contributed by atoms with Crippen molar-refractivity contribution in [1.29, 1.82) is 0 Å². The maximum atomic E-state index is 11.3. The maximum Gasteiger partial charge on any atom is 0.252 e. The molecular formula is C15H19ClO3S. The average Bonchev–Trinajstić information content (AvgIpc) is 2.36. The minimum absolute atomic E-state index is 0.00833. The van der Waals surface area contributed by atoms with Crippen molar-refractivity contribution in [2.24, 2.45) is 0 Å². The van der Waals surface area contributed by atoms with Crippen molar-refractivity contribution < 1.29 is 13.6 Å². The van der Waals surface area contributed by atoms with E-state index in [0.29, 0.717) is 17.5 Å². The number of rotatable bonds is 7. The third kappa shape index (κ3) is 5.19. The average molecular weight is 315 g/mol. The third-order valence-corrected chi connectivity index (χ3v) is 3.76. The van der Waals surface area contributed by atoms with Crippen molar-refractivity contribution in [3.63, 3.8) is 0 Å². The van der Waals surface area contributed by atoms with Crippen LogP contribution >= 0.6 is 11.6 Å². The molecule has 0 bridgehead atoms. The first-order chi connectivity index (χ1) is 9.45. The van der Waals surface area contributed by atoms with Gasteiger partial charge in [0, 0.05) is 5.56 Å². The fourth-order valence-corrected chi connectivity index (χ4v) is 2.71. The summed E-state index contributed by atoms with van der Waals surface area (Å²) in [5.74, 6) is 0.00833. The summed E-state index contributed by atoms with van der Waals surface area (Å²) in [5, 5.41) is -0.541. The second kappa shape index (κ2) is 8.35. The normalized spacial score (nSPS) is 12.8. The van der Waals surface area contributed by atoms with Gasteiger partial charge in [0.05, 0.1) is 5.75 Å². The molecule has 20 heavy (non-hydrogen) atoms. The zero-order valence-corrected chi connectivity index (χ0v) is 13.3. The molecule has 0 spiro atoms. The van der Waals surface area contributed by atoms with E-state index in [1.54, 1.807) is 6.07 Å². The SMILES string of the molecule is CCCC=CCc1cc(C)c(C(=O)Cl)cc1CS(=O)O. The largest absolute Gasteiger partial charge is 0.306 e. The minimum Gasteiger partial charge on any atom is -0.306 e. The molecule has 0 aliphatic rings. The van der Waals surface area contributed by atoms with E-state index in [2.05, 4.69) is 13.0 Å². The Balaban J connectivity index is 3.10. The fraction of sp³-hybridized carbons (Fsp3) is 0.400. The van der Waals surface area contributed by atoms with Gasteiger partial charge in [0.2, 0.25) is 0 Å². The van der Waals surface area contributed by atoms with Crippen LogP contribution in [-0.4, -0.2) is 14.0 Å². The Morgan fingerprint density at radius 1 is 1.35 bits per heavy atom. The van der Waals surface area contributed by atoms with E-state index in [9.17, 15) is 9.00 Å². The number of carbonyl (C=O) groups excluding carboxylic acids is 1. The highest BCUT2D eigenvalue weighted by molar-refractivity contribution is 7.78. The molecule has 0 aromatic heterocycles. The van der Waals surface area contributed by atoms with Crippen LogP contribution in [0.2, 0.25) is 0 Å². The molecule has 0 saturated heterocycles. The van der Waals surface area contributed by atoms with Gasteiger partial charge in [-0.05, 0) is 54.1 Å². The van der Waals surface area contributed by atoms with Crippen LogP contribution in [0.25, 0.3) is 0 Å². The van der Waals surface area contributed by atoms with Crippen LogP contribution in [0.1, 0.15) is 46.8 Å². The number of hydrogen-bond donors (Lipinski definition) is 1. The van der Waals surface area contributed by atoms with E-state index in [0.717, 1.165) is 24.0 Å². The number of allylic oxidation sites excluding steroid dienone is 2. The van der Waals surface area contributed by atoms with Gasteiger partial charge in [-0.25, -0.2) is 4.21 Å². The van der Waals surface area contributed by atoms with Gasteiger partial charge < -0.3 is 4.55 Å². The lowest BCUT2D eigenvalue weighted by Gasteiger charge is -2.10. The predicted octanol–water partition coefficient (Wildman–Crippen LogP) is 3.99. The Hall–Kier alpha value is -0.970. The van der Waals surface area contributed by atoms with Crippen LogP contribution in [0.15, 0.2) is 24.3 Å². The lowest BCUT2D eigenvalue weighted by atomic mass is 9.98. The summed E-state index contributed by atoms with van der Waals surface area (Å²) in [6.45, 7) is 3.92. The van der Waals surface area contributed by atoms with Crippen LogP contribution < -0.4 is 0 Å². The summed E-state index contributed by atoms with van der Waals surface area (Å²) in [4.78, 5) is 11.3. The Bertz CT molecular complexity index is 538. The maximum absolute atomic E-state index is 11.3. The summed E-state index contributed by atoms with van der Waals surface area (Å²) >= 11 is 3.58. The molecule has 1 aromatic rings. The van der Waals surface area contributed by atoms with Crippen molar-refractivity contribution in [3.05, 3.63) is 46.5 Å². The lowest BCUT2D eigenvalue weighted by molar-refractivity contribution is 0.108. The van der Waals surface area contributed by atoms with E-state index >= 15 is 0 Å². The number of unbranched alkanes of at least 4 members (excludes halogenated alkanes) is 1. The topological polar surface area (TPSA) is 54.4 Å². The minimum atomic E-state index is -1.94. The van der Waals surface area contributed by atoms with Gasteiger partial charge in [-0.15, -0.1) is 0 Å². The molecule has 1 aromatic carbocycles. The van der Waals surface area contributed by atoms with Gasteiger partial charge >= 0.3 is 0 Å². The van der Waals surface area contributed by atoms with Crippen molar-refractivity contribution in [2.75, 3.05) is 0 Å². The smallest absolute Gasteiger partial charge is 0.252 e. The zero-order chi connectivity index (χ0) is 15.1. The summed E-state index contributed by atoms with van der Waals surface area (Å²) in [5.41, 5.74) is 2.84. The molecule has 5 heteroatoms. The van der Waals surface area contributed by atoms with Crippen molar-refractivity contribution >= 4 is 27.9 Å². The number of halogens is 1. The summed E-state index contributed by atoms with van der Waals surface area (Å²) < 4.78 is 20.1. The molecular weight excluding hydrogens is 296 g/mol.